The number of pyridine rings is 1. The van der Waals surface area contributed by atoms with E-state index in [1.807, 2.05) is 13.8 Å². The molecule has 3 N–H and O–H groups in total. The maximum atomic E-state index is 13.5. The second kappa shape index (κ2) is 8.10. The van der Waals surface area contributed by atoms with Crippen molar-refractivity contribution in [3.63, 3.8) is 0 Å². The molecule has 0 saturated heterocycles. The van der Waals surface area contributed by atoms with E-state index in [9.17, 15) is 18.0 Å². The van der Waals surface area contributed by atoms with E-state index in [4.69, 9.17) is 17.0 Å². The van der Waals surface area contributed by atoms with Gasteiger partial charge in [-0.1, -0.05) is 25.4 Å². The first-order valence-corrected chi connectivity index (χ1v) is 10.1. The summed E-state index contributed by atoms with van der Waals surface area (Å²) in [4.78, 5) is 21.1. The Balaban J connectivity index is 1.65. The molecule has 4 rings (SSSR count). The lowest BCUT2D eigenvalue weighted by atomic mass is 9.88. The predicted octanol–water partition coefficient (Wildman–Crippen LogP) is 4.25. The van der Waals surface area contributed by atoms with Gasteiger partial charge in [0.2, 0.25) is 5.91 Å². The molecule has 1 atom stereocenters. The highest BCUT2D eigenvalue weighted by Gasteiger charge is 2.43. The summed E-state index contributed by atoms with van der Waals surface area (Å²) in [5.74, 6) is -1.69. The lowest BCUT2D eigenvalue weighted by molar-refractivity contribution is -0.137. The molecule has 33 heavy (non-hydrogen) atoms. The predicted molar refractivity (Wildman–Crippen MR) is 117 cm³/mol. The summed E-state index contributed by atoms with van der Waals surface area (Å²) in [6.45, 7) is 3.90. The van der Waals surface area contributed by atoms with Gasteiger partial charge in [-0.3, -0.25) is 10.2 Å². The standard InChI is InChI=1S/C20H18ClF3N8O/c1-19(2)7-11(12-9-26-15-6-14(21)31-32(15)16(12)19)18(33)29-10-5-13(20(22,23)24)17(27-8-10)30-28-4-3-25/h3-6,8-9,11,25H,7H2,1-2H3,(H,27,30)(H,29,33)/b25-3?,28-4-/t11-/m1/s1. The first-order valence-electron chi connectivity index (χ1n) is 9.72. The number of carbonyl (C=O) groups excluding carboxylic acids is 1. The summed E-state index contributed by atoms with van der Waals surface area (Å²) in [5, 5.41) is 17.4. The normalized spacial score (nSPS) is 17.3. The number of amides is 1. The molecule has 172 valence electrons. The number of carbonyl (C=O) groups is 1. The van der Waals surface area contributed by atoms with E-state index in [0.29, 0.717) is 17.6 Å². The molecule has 13 heteroatoms. The van der Waals surface area contributed by atoms with E-state index < -0.39 is 34.8 Å². The number of aromatic nitrogens is 4. The second-order valence-corrected chi connectivity index (χ2v) is 8.49. The van der Waals surface area contributed by atoms with Crippen molar-refractivity contribution in [1.29, 1.82) is 5.41 Å². The number of nitrogens with one attached hydrogen (secondary N) is 3. The van der Waals surface area contributed by atoms with Crippen LogP contribution >= 0.6 is 11.6 Å². The third kappa shape index (κ3) is 4.25. The van der Waals surface area contributed by atoms with Gasteiger partial charge in [0.1, 0.15) is 5.56 Å². The van der Waals surface area contributed by atoms with Crippen molar-refractivity contribution >= 4 is 47.1 Å². The van der Waals surface area contributed by atoms with Crippen LogP contribution in [0, 0.1) is 5.41 Å². The van der Waals surface area contributed by atoms with Crippen LogP contribution in [0.25, 0.3) is 5.65 Å². The number of alkyl halides is 3. The molecule has 0 unspecified atom stereocenters. The third-order valence-electron chi connectivity index (χ3n) is 5.31. The molecule has 3 aromatic heterocycles. The Morgan fingerprint density at radius 2 is 2.09 bits per heavy atom. The minimum Gasteiger partial charge on any atom is -0.324 e. The number of rotatable bonds is 5. The molecular weight excluding hydrogens is 461 g/mol. The Hall–Kier alpha value is -3.54. The molecule has 0 aliphatic heterocycles. The number of hydrogen-bond donors (Lipinski definition) is 3. The van der Waals surface area contributed by atoms with Gasteiger partial charge < -0.3 is 10.7 Å². The Morgan fingerprint density at radius 1 is 1.33 bits per heavy atom. The highest BCUT2D eigenvalue weighted by molar-refractivity contribution is 6.29. The number of hydrazone groups is 1. The van der Waals surface area contributed by atoms with Crippen molar-refractivity contribution in [2.75, 3.05) is 10.7 Å². The summed E-state index contributed by atoms with van der Waals surface area (Å²) < 4.78 is 42.1. The second-order valence-electron chi connectivity index (χ2n) is 8.10. The first kappa shape index (κ1) is 22.6. The van der Waals surface area contributed by atoms with Crippen molar-refractivity contribution in [3.8, 4) is 0 Å². The van der Waals surface area contributed by atoms with E-state index in [1.165, 1.54) is 0 Å². The minimum absolute atomic E-state index is 0.115. The van der Waals surface area contributed by atoms with Crippen molar-refractivity contribution in [2.45, 2.75) is 37.8 Å². The van der Waals surface area contributed by atoms with Crippen LogP contribution in [0.5, 0.6) is 0 Å². The van der Waals surface area contributed by atoms with Crippen LogP contribution in [-0.2, 0) is 16.4 Å². The highest BCUT2D eigenvalue weighted by Crippen LogP contribution is 2.46. The number of halogens is 4. The summed E-state index contributed by atoms with van der Waals surface area (Å²) in [6, 6.07) is 2.39. The van der Waals surface area contributed by atoms with E-state index >= 15 is 0 Å². The quantitative estimate of drug-likeness (QED) is 0.374. The third-order valence-corrected chi connectivity index (χ3v) is 5.49. The average Bonchev–Trinajstić information content (AvgIpc) is 3.24. The zero-order valence-corrected chi connectivity index (χ0v) is 18.2. The molecule has 0 saturated carbocycles. The lowest BCUT2D eigenvalue weighted by Crippen LogP contribution is -2.22. The van der Waals surface area contributed by atoms with Crippen LogP contribution in [0.3, 0.4) is 0 Å². The molecule has 3 heterocycles. The van der Waals surface area contributed by atoms with Gasteiger partial charge in [-0.15, -0.1) is 0 Å². The maximum absolute atomic E-state index is 13.5. The van der Waals surface area contributed by atoms with Crippen molar-refractivity contribution in [3.05, 3.63) is 46.5 Å². The summed E-state index contributed by atoms with van der Waals surface area (Å²) in [5.41, 5.74) is 2.42. The molecule has 1 aliphatic rings. The molecule has 0 bridgehead atoms. The fraction of sp³-hybridized carbons (Fsp3) is 0.300. The highest BCUT2D eigenvalue weighted by atomic mass is 35.5. The summed E-state index contributed by atoms with van der Waals surface area (Å²) in [6.07, 6.45) is 0.113. The van der Waals surface area contributed by atoms with Gasteiger partial charge >= 0.3 is 6.18 Å². The van der Waals surface area contributed by atoms with Crippen LogP contribution in [0.15, 0.2) is 29.6 Å². The Bertz CT molecular complexity index is 1280. The van der Waals surface area contributed by atoms with Crippen LogP contribution in [0.4, 0.5) is 24.7 Å². The minimum atomic E-state index is -4.74. The summed E-state index contributed by atoms with van der Waals surface area (Å²) >= 11 is 6.01. The van der Waals surface area contributed by atoms with Crippen LogP contribution in [0.2, 0.25) is 5.15 Å². The number of anilines is 2. The molecule has 0 aromatic carbocycles. The number of fused-ring (bicyclic) bond motifs is 3. The van der Waals surface area contributed by atoms with Gasteiger partial charge in [-0.05, 0) is 12.5 Å². The zero-order chi connectivity index (χ0) is 24.0. The van der Waals surface area contributed by atoms with Crippen LogP contribution < -0.4 is 10.7 Å². The van der Waals surface area contributed by atoms with Gasteiger partial charge in [-0.2, -0.15) is 23.4 Å². The topological polar surface area (TPSA) is 120 Å². The van der Waals surface area contributed by atoms with Crippen LogP contribution in [0.1, 0.15) is 43.0 Å². The van der Waals surface area contributed by atoms with Gasteiger partial charge in [0.25, 0.3) is 0 Å². The van der Waals surface area contributed by atoms with E-state index in [-0.39, 0.29) is 10.8 Å². The molecule has 0 radical (unpaired) electrons. The maximum Gasteiger partial charge on any atom is 0.420 e. The van der Waals surface area contributed by atoms with Crippen molar-refractivity contribution in [2.24, 2.45) is 5.10 Å². The Morgan fingerprint density at radius 3 is 2.79 bits per heavy atom. The van der Waals surface area contributed by atoms with E-state index in [1.54, 1.807) is 16.8 Å². The van der Waals surface area contributed by atoms with Gasteiger partial charge in [0, 0.05) is 29.5 Å². The molecule has 3 aromatic rings. The Labute approximate surface area is 190 Å². The van der Waals surface area contributed by atoms with E-state index in [0.717, 1.165) is 30.4 Å². The number of nitrogens with zero attached hydrogens (tertiary/aromatic N) is 5. The van der Waals surface area contributed by atoms with Crippen LogP contribution in [-0.4, -0.2) is 37.9 Å². The SMILES string of the molecule is CC1(C)C[C@@H](C(=O)Nc2cnc(N/N=C\C=N)c(C(F)(F)F)c2)c2cnc3cc(Cl)nn3c21. The first-order chi connectivity index (χ1) is 15.5. The lowest BCUT2D eigenvalue weighted by Gasteiger charge is -2.19. The van der Waals surface area contributed by atoms with Crippen molar-refractivity contribution < 1.29 is 18.0 Å². The van der Waals surface area contributed by atoms with Crippen molar-refractivity contribution in [1.82, 2.24) is 19.6 Å². The number of hydrogen-bond acceptors (Lipinski definition) is 7. The monoisotopic (exact) mass is 478 g/mol. The fourth-order valence-electron chi connectivity index (χ4n) is 4.01. The fourth-order valence-corrected chi connectivity index (χ4v) is 4.18. The molecule has 1 amide bonds. The summed E-state index contributed by atoms with van der Waals surface area (Å²) in [7, 11) is 0. The zero-order valence-electron chi connectivity index (χ0n) is 17.4. The molecule has 1 aliphatic carbocycles. The van der Waals surface area contributed by atoms with Gasteiger partial charge in [-0.25, -0.2) is 14.5 Å². The Kier molecular flexibility index (Phi) is 5.56. The largest absolute Gasteiger partial charge is 0.420 e. The smallest absolute Gasteiger partial charge is 0.324 e. The molecule has 0 fully saturated rings. The van der Waals surface area contributed by atoms with Gasteiger partial charge in [0.05, 0.1) is 29.7 Å². The average molecular weight is 479 g/mol. The van der Waals surface area contributed by atoms with E-state index in [2.05, 4.69) is 30.9 Å². The van der Waals surface area contributed by atoms with Gasteiger partial charge in [0.15, 0.2) is 16.6 Å². The molecule has 9 nitrogen and oxygen atoms in total. The molecular formula is C20H18ClF3N8O. The molecule has 0 spiro atoms.